The van der Waals surface area contributed by atoms with Crippen molar-refractivity contribution < 1.29 is 22.7 Å². The normalized spacial score (nSPS) is 14.8. The van der Waals surface area contributed by atoms with Crippen molar-refractivity contribution in [3.8, 4) is 0 Å². The number of nitrogens with zero attached hydrogens (tertiary/aromatic N) is 1. The first-order chi connectivity index (χ1) is 19.9. The second kappa shape index (κ2) is 12.8. The number of hydrogen-bond donors (Lipinski definition) is 2. The van der Waals surface area contributed by atoms with Gasteiger partial charge in [-0.1, -0.05) is 60.7 Å². The van der Waals surface area contributed by atoms with Gasteiger partial charge in [0.1, 0.15) is 0 Å². The summed E-state index contributed by atoms with van der Waals surface area (Å²) in [6.07, 6.45) is 1.91. The Labute approximate surface area is 240 Å². The van der Waals surface area contributed by atoms with Crippen LogP contribution in [-0.4, -0.2) is 39.5 Å². The lowest BCUT2D eigenvalue weighted by Crippen LogP contribution is -2.32. The van der Waals surface area contributed by atoms with Crippen molar-refractivity contribution in [2.75, 3.05) is 22.8 Å². The van der Waals surface area contributed by atoms with Crippen LogP contribution in [0.15, 0.2) is 114 Å². The molecule has 8 nitrogen and oxygen atoms in total. The zero-order valence-electron chi connectivity index (χ0n) is 22.4. The molecule has 0 spiro atoms. The molecule has 9 heteroatoms. The van der Waals surface area contributed by atoms with Crippen LogP contribution in [-0.2, 0) is 21.3 Å². The molecule has 0 aromatic heterocycles. The van der Waals surface area contributed by atoms with Crippen LogP contribution in [0, 0.1) is 0 Å². The van der Waals surface area contributed by atoms with Gasteiger partial charge in [0.15, 0.2) is 0 Å². The summed E-state index contributed by atoms with van der Waals surface area (Å²) in [6.45, 7) is 1.21. The fourth-order valence-electron chi connectivity index (χ4n) is 4.65. The van der Waals surface area contributed by atoms with Gasteiger partial charge in [-0.05, 0) is 66.9 Å². The first kappa shape index (κ1) is 28.1. The molecule has 1 aliphatic rings. The highest BCUT2D eigenvalue weighted by Gasteiger charge is 2.25. The molecule has 0 radical (unpaired) electrons. The number of ether oxygens (including phenoxy) is 1. The van der Waals surface area contributed by atoms with Gasteiger partial charge >= 0.3 is 0 Å². The Bertz CT molecular complexity index is 1590. The molecule has 0 unspecified atom stereocenters. The molecule has 1 fully saturated rings. The van der Waals surface area contributed by atoms with Crippen molar-refractivity contribution in [3.05, 3.63) is 126 Å². The highest BCUT2D eigenvalue weighted by atomic mass is 32.2. The molecular weight excluding hydrogens is 538 g/mol. The van der Waals surface area contributed by atoms with E-state index in [1.54, 1.807) is 103 Å². The molecule has 1 aliphatic heterocycles. The molecule has 4 aromatic carbocycles. The smallest absolute Gasteiger partial charge is 0.264 e. The third-order valence-corrected chi connectivity index (χ3v) is 8.64. The molecule has 5 rings (SSSR count). The minimum absolute atomic E-state index is 0.0136. The largest absolute Gasteiger partial charge is 0.376 e. The van der Waals surface area contributed by atoms with E-state index < -0.39 is 10.0 Å². The number of para-hydroxylation sites is 2. The van der Waals surface area contributed by atoms with E-state index in [9.17, 15) is 18.0 Å². The quantitative estimate of drug-likeness (QED) is 0.272. The Morgan fingerprint density at radius 2 is 1.46 bits per heavy atom. The molecule has 0 bridgehead atoms. The van der Waals surface area contributed by atoms with Gasteiger partial charge in [-0.25, -0.2) is 8.42 Å². The van der Waals surface area contributed by atoms with Crippen LogP contribution < -0.4 is 14.9 Å². The molecule has 1 heterocycles. The minimum Gasteiger partial charge on any atom is -0.376 e. The van der Waals surface area contributed by atoms with Gasteiger partial charge in [0.05, 0.1) is 34.5 Å². The summed E-state index contributed by atoms with van der Waals surface area (Å²) in [7, 11) is -3.83. The number of rotatable bonds is 10. The lowest BCUT2D eigenvalue weighted by Gasteiger charge is -2.25. The van der Waals surface area contributed by atoms with Crippen LogP contribution in [0.5, 0.6) is 0 Å². The fourth-order valence-corrected chi connectivity index (χ4v) is 6.12. The van der Waals surface area contributed by atoms with E-state index in [0.29, 0.717) is 41.2 Å². The molecule has 2 amide bonds. The second-order valence-corrected chi connectivity index (χ2v) is 11.6. The number of hydrogen-bond acceptors (Lipinski definition) is 5. The van der Waals surface area contributed by atoms with Crippen molar-refractivity contribution in [2.24, 2.45) is 0 Å². The highest BCUT2D eigenvalue weighted by molar-refractivity contribution is 7.92. The van der Waals surface area contributed by atoms with E-state index >= 15 is 0 Å². The number of sulfonamides is 1. The summed E-state index contributed by atoms with van der Waals surface area (Å²) in [5.41, 5.74) is 2.38. The standard InChI is InChI=1S/C32H31N3O5S/c36-31(34-30-16-8-7-15-29(30)32(37)33-22-27-12-9-21-40-27)25-19-17-24(18-20-25)23-35(26-10-3-1-4-11-26)41(38,39)28-13-5-2-6-14-28/h1-8,10-11,13-20,27H,9,12,21-23H2,(H,33,37)(H,34,36)/t27-/m0/s1. The zero-order valence-corrected chi connectivity index (χ0v) is 23.2. The number of carbonyl (C=O) groups excluding carboxylic acids is 2. The lowest BCUT2D eigenvalue weighted by atomic mass is 10.1. The summed E-state index contributed by atoms with van der Waals surface area (Å²) >= 11 is 0. The third-order valence-electron chi connectivity index (χ3n) is 6.85. The summed E-state index contributed by atoms with van der Waals surface area (Å²) < 4.78 is 34.0. The molecule has 1 saturated heterocycles. The Hall–Kier alpha value is -4.47. The van der Waals surface area contributed by atoms with Crippen LogP contribution >= 0.6 is 0 Å². The summed E-state index contributed by atoms with van der Waals surface area (Å²) in [4.78, 5) is 26.1. The first-order valence-corrected chi connectivity index (χ1v) is 14.9. The van der Waals surface area contributed by atoms with Crippen LogP contribution in [0.2, 0.25) is 0 Å². The van der Waals surface area contributed by atoms with Gasteiger partial charge in [-0.2, -0.15) is 0 Å². The van der Waals surface area contributed by atoms with E-state index in [1.165, 1.54) is 4.31 Å². The van der Waals surface area contributed by atoms with Gasteiger partial charge in [0, 0.05) is 18.7 Å². The van der Waals surface area contributed by atoms with Gasteiger partial charge in [-0.15, -0.1) is 0 Å². The van der Waals surface area contributed by atoms with E-state index in [2.05, 4.69) is 10.6 Å². The Morgan fingerprint density at radius 3 is 2.15 bits per heavy atom. The maximum atomic E-state index is 13.5. The van der Waals surface area contributed by atoms with Gasteiger partial charge in [0.2, 0.25) is 0 Å². The van der Waals surface area contributed by atoms with Crippen LogP contribution in [0.1, 0.15) is 39.1 Å². The lowest BCUT2D eigenvalue weighted by molar-refractivity contribution is 0.0858. The average Bonchev–Trinajstić information content (AvgIpc) is 3.54. The van der Waals surface area contributed by atoms with Crippen molar-refractivity contribution in [2.45, 2.75) is 30.4 Å². The molecule has 4 aromatic rings. The fraction of sp³-hybridized carbons (Fsp3) is 0.188. The van der Waals surface area contributed by atoms with Gasteiger partial charge in [-0.3, -0.25) is 13.9 Å². The number of nitrogens with one attached hydrogen (secondary N) is 2. The minimum atomic E-state index is -3.83. The van der Waals surface area contributed by atoms with E-state index in [0.717, 1.165) is 12.8 Å². The van der Waals surface area contributed by atoms with Crippen molar-refractivity contribution in [1.82, 2.24) is 5.32 Å². The van der Waals surface area contributed by atoms with Crippen molar-refractivity contribution in [3.63, 3.8) is 0 Å². The third kappa shape index (κ3) is 6.82. The molecule has 210 valence electrons. The Kier molecular flexibility index (Phi) is 8.76. The van der Waals surface area contributed by atoms with E-state index in [4.69, 9.17) is 4.74 Å². The second-order valence-electron chi connectivity index (χ2n) is 9.70. The van der Waals surface area contributed by atoms with Crippen molar-refractivity contribution >= 4 is 33.2 Å². The molecule has 0 saturated carbocycles. The molecule has 2 N–H and O–H groups in total. The number of amides is 2. The first-order valence-electron chi connectivity index (χ1n) is 13.4. The van der Waals surface area contributed by atoms with Crippen LogP contribution in [0.4, 0.5) is 11.4 Å². The van der Waals surface area contributed by atoms with Crippen LogP contribution in [0.3, 0.4) is 0 Å². The monoisotopic (exact) mass is 569 g/mol. The SMILES string of the molecule is O=C(Nc1ccccc1C(=O)NC[C@@H]1CCCO1)c1ccc(CN(c2ccccc2)S(=O)(=O)c2ccccc2)cc1. The average molecular weight is 570 g/mol. The topological polar surface area (TPSA) is 105 Å². The highest BCUT2D eigenvalue weighted by Crippen LogP contribution is 2.26. The maximum Gasteiger partial charge on any atom is 0.264 e. The van der Waals surface area contributed by atoms with E-state index in [1.807, 2.05) is 6.07 Å². The molecule has 1 atom stereocenters. The Balaban J connectivity index is 1.30. The predicted octanol–water partition coefficient (Wildman–Crippen LogP) is 5.24. The molecule has 41 heavy (non-hydrogen) atoms. The Morgan fingerprint density at radius 1 is 0.805 bits per heavy atom. The predicted molar refractivity (Wildman–Crippen MR) is 158 cm³/mol. The zero-order chi connectivity index (χ0) is 28.7. The van der Waals surface area contributed by atoms with Gasteiger partial charge in [0.25, 0.3) is 21.8 Å². The maximum absolute atomic E-state index is 13.5. The number of carbonyl (C=O) groups is 2. The van der Waals surface area contributed by atoms with Crippen LogP contribution in [0.25, 0.3) is 0 Å². The van der Waals surface area contributed by atoms with E-state index in [-0.39, 0.29) is 29.4 Å². The van der Waals surface area contributed by atoms with Gasteiger partial charge < -0.3 is 15.4 Å². The molecular formula is C32H31N3O5S. The summed E-state index contributed by atoms with van der Waals surface area (Å²) in [5.74, 6) is -0.667. The molecule has 0 aliphatic carbocycles. The summed E-state index contributed by atoms with van der Waals surface area (Å²) in [6, 6.07) is 30.8. The summed E-state index contributed by atoms with van der Waals surface area (Å²) in [5, 5.41) is 5.72. The number of benzene rings is 4. The number of anilines is 2. The van der Waals surface area contributed by atoms with Crippen molar-refractivity contribution in [1.29, 1.82) is 0 Å².